The third-order valence-corrected chi connectivity index (χ3v) is 6.77. The largest absolute Gasteiger partial charge is 0.336 e. The van der Waals surface area contributed by atoms with Crippen LogP contribution in [0.5, 0.6) is 0 Å². The first-order valence-electron chi connectivity index (χ1n) is 11.2. The molecule has 0 bridgehead atoms. The molecule has 1 N–H and O–H groups in total. The van der Waals surface area contributed by atoms with Gasteiger partial charge in [0, 0.05) is 30.4 Å². The fourth-order valence-corrected chi connectivity index (χ4v) is 5.06. The molecule has 6 nitrogen and oxygen atoms in total. The van der Waals surface area contributed by atoms with Crippen LogP contribution in [-0.2, 0) is 13.0 Å². The minimum atomic E-state index is 0.557. The summed E-state index contributed by atoms with van der Waals surface area (Å²) in [5.74, 6) is 1.38. The Morgan fingerprint density at radius 3 is 2.77 bits per heavy atom. The summed E-state index contributed by atoms with van der Waals surface area (Å²) in [5.41, 5.74) is 9.31. The van der Waals surface area contributed by atoms with E-state index in [2.05, 4.69) is 54.3 Å². The Morgan fingerprint density at radius 2 is 1.94 bits per heavy atom. The van der Waals surface area contributed by atoms with Gasteiger partial charge in [0.2, 0.25) is 0 Å². The van der Waals surface area contributed by atoms with Crippen LogP contribution in [-0.4, -0.2) is 29.9 Å². The van der Waals surface area contributed by atoms with Gasteiger partial charge in [0.1, 0.15) is 11.4 Å². The highest BCUT2D eigenvalue weighted by Crippen LogP contribution is 2.45. The van der Waals surface area contributed by atoms with Gasteiger partial charge in [0.15, 0.2) is 0 Å². The molecule has 6 rings (SSSR count). The first-order valence-corrected chi connectivity index (χ1v) is 11.2. The second-order valence-electron chi connectivity index (χ2n) is 8.92. The molecule has 1 saturated carbocycles. The highest BCUT2D eigenvalue weighted by molar-refractivity contribution is 5.67. The Hall–Kier alpha value is -3.28. The predicted octanol–water partition coefficient (Wildman–Crippen LogP) is 5.04. The maximum absolute atomic E-state index is 4.67. The van der Waals surface area contributed by atoms with Crippen molar-refractivity contribution in [2.24, 2.45) is 0 Å². The topological polar surface area (TPSA) is 72.3 Å². The minimum Gasteiger partial charge on any atom is -0.336 e. The first kappa shape index (κ1) is 18.5. The van der Waals surface area contributed by atoms with Crippen LogP contribution in [0.2, 0.25) is 0 Å². The molecule has 3 aromatic heterocycles. The van der Waals surface area contributed by atoms with Gasteiger partial charge >= 0.3 is 0 Å². The fraction of sp³-hybridized carbons (Fsp3) is 0.360. The Bertz CT molecular complexity index is 1230. The van der Waals surface area contributed by atoms with E-state index in [1.807, 2.05) is 31.6 Å². The van der Waals surface area contributed by atoms with Crippen LogP contribution in [0.1, 0.15) is 59.9 Å². The lowest BCUT2D eigenvalue weighted by Gasteiger charge is -2.28. The summed E-state index contributed by atoms with van der Waals surface area (Å²) in [6, 6.07) is 11.0. The second kappa shape index (κ2) is 7.45. The van der Waals surface area contributed by atoms with Crippen LogP contribution in [0.3, 0.4) is 0 Å². The molecule has 1 fully saturated rings. The minimum absolute atomic E-state index is 0.557. The number of hydrogen-bond acceptors (Lipinski definition) is 4. The SMILES string of the molecule is Cc1n[nH]nc1-c1ccnc(-c2cn(C[C@@H]3CCCc4c(C5CC5)cccc43)cn2)c1. The van der Waals surface area contributed by atoms with Crippen LogP contribution in [0.4, 0.5) is 0 Å². The lowest BCUT2D eigenvalue weighted by molar-refractivity contribution is 0.481. The molecule has 0 saturated heterocycles. The van der Waals surface area contributed by atoms with Gasteiger partial charge in [-0.05, 0) is 73.8 Å². The normalized spacial score (nSPS) is 18.2. The lowest BCUT2D eigenvalue weighted by Crippen LogP contribution is -2.16. The number of rotatable bonds is 5. The number of nitrogens with one attached hydrogen (secondary N) is 1. The van der Waals surface area contributed by atoms with Gasteiger partial charge in [0.25, 0.3) is 0 Å². The van der Waals surface area contributed by atoms with Gasteiger partial charge in [-0.2, -0.15) is 15.4 Å². The number of hydrogen-bond donors (Lipinski definition) is 1. The molecule has 6 heteroatoms. The number of fused-ring (bicyclic) bond motifs is 1. The molecule has 31 heavy (non-hydrogen) atoms. The van der Waals surface area contributed by atoms with E-state index in [0.29, 0.717) is 5.92 Å². The predicted molar refractivity (Wildman–Crippen MR) is 120 cm³/mol. The molecule has 0 aliphatic heterocycles. The summed E-state index contributed by atoms with van der Waals surface area (Å²) in [6.45, 7) is 2.92. The zero-order valence-corrected chi connectivity index (χ0v) is 17.8. The van der Waals surface area contributed by atoms with Gasteiger partial charge in [-0.1, -0.05) is 18.2 Å². The number of aryl methyl sites for hydroxylation is 1. The first-order chi connectivity index (χ1) is 15.3. The van der Waals surface area contributed by atoms with E-state index < -0.39 is 0 Å². The summed E-state index contributed by atoms with van der Waals surface area (Å²) in [7, 11) is 0. The molecule has 0 amide bonds. The van der Waals surface area contributed by atoms with Crippen molar-refractivity contribution in [2.75, 3.05) is 0 Å². The van der Waals surface area contributed by atoms with Crippen LogP contribution in [0.25, 0.3) is 22.6 Å². The van der Waals surface area contributed by atoms with E-state index in [1.165, 1.54) is 32.1 Å². The Labute approximate surface area is 181 Å². The van der Waals surface area contributed by atoms with Gasteiger partial charge in [-0.15, -0.1) is 0 Å². The van der Waals surface area contributed by atoms with Gasteiger partial charge < -0.3 is 4.57 Å². The van der Waals surface area contributed by atoms with Gasteiger partial charge in [0.05, 0.1) is 17.7 Å². The lowest BCUT2D eigenvalue weighted by atomic mass is 9.80. The van der Waals surface area contributed by atoms with Crippen molar-refractivity contribution >= 4 is 0 Å². The number of benzene rings is 1. The highest BCUT2D eigenvalue weighted by atomic mass is 15.3. The van der Waals surface area contributed by atoms with Gasteiger partial charge in [-0.25, -0.2) is 4.98 Å². The number of aromatic nitrogens is 6. The molecule has 0 radical (unpaired) electrons. The molecule has 2 aliphatic rings. The van der Waals surface area contributed by atoms with Crippen LogP contribution >= 0.6 is 0 Å². The maximum Gasteiger partial charge on any atom is 0.115 e. The van der Waals surface area contributed by atoms with E-state index in [0.717, 1.165) is 40.8 Å². The molecule has 1 aromatic carbocycles. The molecule has 2 aliphatic carbocycles. The molecular weight excluding hydrogens is 384 g/mol. The van der Waals surface area contributed by atoms with E-state index in [4.69, 9.17) is 0 Å². The molecule has 4 aromatic rings. The molecule has 1 atom stereocenters. The standard InChI is InChI=1S/C25H26N6/c1-16-25(29-30-28-16)18-10-11-26-23(12-18)24-14-31(15-27-24)13-19-4-2-7-22-20(17-8-9-17)5-3-6-21(19)22/h3,5-6,10-12,14-15,17,19H,2,4,7-9,13H2,1H3,(H,28,29,30)/t19-/m0/s1. The van der Waals surface area contributed by atoms with Crippen LogP contribution in [0.15, 0.2) is 49.1 Å². The molecule has 156 valence electrons. The zero-order chi connectivity index (χ0) is 20.8. The highest BCUT2D eigenvalue weighted by Gasteiger charge is 2.30. The van der Waals surface area contributed by atoms with Crippen molar-refractivity contribution in [3.63, 3.8) is 0 Å². The van der Waals surface area contributed by atoms with E-state index in [-0.39, 0.29) is 0 Å². The summed E-state index contributed by atoms with van der Waals surface area (Å²) in [6.07, 6.45) is 12.4. The molecular formula is C25H26N6. The molecule has 0 spiro atoms. The van der Waals surface area contributed by atoms with Crippen molar-refractivity contribution in [3.05, 3.63) is 71.4 Å². The third kappa shape index (κ3) is 3.46. The Balaban J connectivity index is 1.26. The Morgan fingerprint density at radius 1 is 1.03 bits per heavy atom. The molecule has 0 unspecified atom stereocenters. The monoisotopic (exact) mass is 410 g/mol. The summed E-state index contributed by atoms with van der Waals surface area (Å²) < 4.78 is 2.23. The Kier molecular flexibility index (Phi) is 4.44. The van der Waals surface area contributed by atoms with E-state index in [9.17, 15) is 0 Å². The number of H-pyrrole nitrogens is 1. The van der Waals surface area contributed by atoms with Crippen molar-refractivity contribution in [1.29, 1.82) is 0 Å². The summed E-state index contributed by atoms with van der Waals surface area (Å²) >= 11 is 0. The van der Waals surface area contributed by atoms with E-state index in [1.54, 1.807) is 16.7 Å². The second-order valence-corrected chi connectivity index (χ2v) is 8.92. The van der Waals surface area contributed by atoms with Crippen molar-refractivity contribution < 1.29 is 0 Å². The van der Waals surface area contributed by atoms with Gasteiger partial charge in [-0.3, -0.25) is 4.98 Å². The van der Waals surface area contributed by atoms with Crippen LogP contribution < -0.4 is 0 Å². The smallest absolute Gasteiger partial charge is 0.115 e. The number of nitrogens with zero attached hydrogens (tertiary/aromatic N) is 5. The third-order valence-electron chi connectivity index (χ3n) is 6.77. The van der Waals surface area contributed by atoms with Crippen molar-refractivity contribution in [1.82, 2.24) is 29.9 Å². The zero-order valence-electron chi connectivity index (χ0n) is 17.8. The maximum atomic E-state index is 4.67. The summed E-state index contributed by atoms with van der Waals surface area (Å²) in [4.78, 5) is 9.21. The fourth-order valence-electron chi connectivity index (χ4n) is 5.06. The van der Waals surface area contributed by atoms with Crippen LogP contribution in [0, 0.1) is 6.92 Å². The average molecular weight is 411 g/mol. The average Bonchev–Trinajstić information content (AvgIpc) is 3.39. The van der Waals surface area contributed by atoms with E-state index >= 15 is 0 Å². The number of pyridine rings is 1. The summed E-state index contributed by atoms with van der Waals surface area (Å²) in [5, 5.41) is 11.1. The number of aromatic amines is 1. The van der Waals surface area contributed by atoms with Crippen molar-refractivity contribution in [2.45, 2.75) is 57.4 Å². The van der Waals surface area contributed by atoms with Crippen molar-refractivity contribution in [3.8, 4) is 22.6 Å². The quantitative estimate of drug-likeness (QED) is 0.500. The molecule has 3 heterocycles. The number of imidazole rings is 1.